The van der Waals surface area contributed by atoms with Crippen molar-refractivity contribution in [1.82, 2.24) is 4.90 Å². The summed E-state index contributed by atoms with van der Waals surface area (Å²) in [4.78, 5) is 2.42. The summed E-state index contributed by atoms with van der Waals surface area (Å²) < 4.78 is 0. The third kappa shape index (κ3) is 5.19. The number of aliphatic hydroxyl groups excluding tert-OH is 1. The normalized spacial score (nSPS) is 14.2. The second-order valence-electron chi connectivity index (χ2n) is 6.59. The third-order valence-electron chi connectivity index (χ3n) is 4.37. The monoisotopic (exact) mass is 311 g/mol. The van der Waals surface area contributed by atoms with E-state index in [0.717, 1.165) is 19.5 Å². The van der Waals surface area contributed by atoms with Crippen LogP contribution in [0.5, 0.6) is 0 Å². The van der Waals surface area contributed by atoms with Crippen LogP contribution in [0.4, 0.5) is 0 Å². The second-order valence-corrected chi connectivity index (χ2v) is 6.59. The molecule has 23 heavy (non-hydrogen) atoms. The Balaban J connectivity index is 2.25. The van der Waals surface area contributed by atoms with Crippen molar-refractivity contribution < 1.29 is 5.11 Å². The van der Waals surface area contributed by atoms with Crippen LogP contribution < -0.4 is 0 Å². The summed E-state index contributed by atoms with van der Waals surface area (Å²) in [7, 11) is 0. The van der Waals surface area contributed by atoms with E-state index >= 15 is 0 Å². The Kier molecular flexibility index (Phi) is 6.82. The Labute approximate surface area is 140 Å². The van der Waals surface area contributed by atoms with Crippen molar-refractivity contribution >= 4 is 0 Å². The van der Waals surface area contributed by atoms with Crippen LogP contribution in [0.15, 0.2) is 60.7 Å². The molecule has 2 heteroatoms. The molecule has 0 aliphatic heterocycles. The fourth-order valence-electron chi connectivity index (χ4n) is 3.25. The molecule has 0 saturated carbocycles. The van der Waals surface area contributed by atoms with E-state index in [9.17, 15) is 5.11 Å². The standard InChI is InChI=1S/C21H29NO/c1-4-20(23)21(17(2)3)22(15-18-11-7-5-8-12-18)16-19-13-9-6-10-14-19/h5-14,17,20-21,23H,4,15-16H2,1-3H3. The fourth-order valence-corrected chi connectivity index (χ4v) is 3.25. The van der Waals surface area contributed by atoms with Crippen molar-refractivity contribution in [3.05, 3.63) is 71.8 Å². The highest BCUT2D eigenvalue weighted by atomic mass is 16.3. The summed E-state index contributed by atoms with van der Waals surface area (Å²) in [5.41, 5.74) is 2.58. The van der Waals surface area contributed by atoms with Crippen LogP contribution in [-0.2, 0) is 13.1 Å². The number of hydrogen-bond donors (Lipinski definition) is 1. The average molecular weight is 311 g/mol. The molecule has 0 amide bonds. The lowest BCUT2D eigenvalue weighted by Gasteiger charge is -2.37. The summed E-state index contributed by atoms with van der Waals surface area (Å²) in [5.74, 6) is 0.400. The van der Waals surface area contributed by atoms with Gasteiger partial charge >= 0.3 is 0 Å². The molecular formula is C21H29NO. The van der Waals surface area contributed by atoms with Gasteiger partial charge in [-0.25, -0.2) is 0 Å². The quantitative estimate of drug-likeness (QED) is 0.776. The van der Waals surface area contributed by atoms with Gasteiger partial charge in [0.15, 0.2) is 0 Å². The van der Waals surface area contributed by atoms with Crippen molar-refractivity contribution in [2.45, 2.75) is 52.4 Å². The average Bonchev–Trinajstić information content (AvgIpc) is 2.56. The zero-order valence-electron chi connectivity index (χ0n) is 14.5. The van der Waals surface area contributed by atoms with Gasteiger partial charge < -0.3 is 5.11 Å². The highest BCUT2D eigenvalue weighted by molar-refractivity contribution is 5.17. The zero-order chi connectivity index (χ0) is 16.7. The largest absolute Gasteiger partial charge is 0.391 e. The molecule has 0 spiro atoms. The number of rotatable bonds is 8. The van der Waals surface area contributed by atoms with E-state index in [1.54, 1.807) is 0 Å². The maximum absolute atomic E-state index is 10.6. The van der Waals surface area contributed by atoms with E-state index in [0.29, 0.717) is 5.92 Å². The molecule has 0 radical (unpaired) electrons. The topological polar surface area (TPSA) is 23.5 Å². The van der Waals surface area contributed by atoms with E-state index < -0.39 is 0 Å². The molecule has 0 fully saturated rings. The predicted molar refractivity (Wildman–Crippen MR) is 97.1 cm³/mol. The molecule has 1 N–H and O–H groups in total. The van der Waals surface area contributed by atoms with Gasteiger partial charge in [-0.1, -0.05) is 81.4 Å². The molecule has 2 aromatic carbocycles. The molecule has 2 nitrogen and oxygen atoms in total. The van der Waals surface area contributed by atoms with E-state index in [4.69, 9.17) is 0 Å². The van der Waals surface area contributed by atoms with Gasteiger partial charge in [0.05, 0.1) is 6.10 Å². The lowest BCUT2D eigenvalue weighted by atomic mass is 9.94. The van der Waals surface area contributed by atoms with E-state index in [-0.39, 0.29) is 12.1 Å². The number of aliphatic hydroxyl groups is 1. The molecule has 0 aliphatic carbocycles. The van der Waals surface area contributed by atoms with Crippen LogP contribution in [0.3, 0.4) is 0 Å². The predicted octanol–water partition coefficient (Wildman–Crippen LogP) is 4.48. The molecule has 0 bridgehead atoms. The highest BCUT2D eigenvalue weighted by Crippen LogP contribution is 2.22. The second kappa shape index (κ2) is 8.85. The van der Waals surface area contributed by atoms with Crippen molar-refractivity contribution in [1.29, 1.82) is 0 Å². The molecule has 0 aliphatic rings. The molecule has 2 unspecified atom stereocenters. The van der Waals surface area contributed by atoms with Crippen molar-refractivity contribution in [3.8, 4) is 0 Å². The van der Waals surface area contributed by atoms with Gasteiger partial charge in [-0.05, 0) is 23.5 Å². The first-order valence-electron chi connectivity index (χ1n) is 8.61. The first kappa shape index (κ1) is 17.7. The van der Waals surface area contributed by atoms with E-state index in [2.05, 4.69) is 74.2 Å². The first-order chi connectivity index (χ1) is 11.1. The molecule has 0 heterocycles. The lowest BCUT2D eigenvalue weighted by Crippen LogP contribution is -2.46. The van der Waals surface area contributed by atoms with Gasteiger partial charge in [0.2, 0.25) is 0 Å². The Bertz CT molecular complexity index is 511. The molecule has 2 atom stereocenters. The zero-order valence-corrected chi connectivity index (χ0v) is 14.5. The summed E-state index contributed by atoms with van der Waals surface area (Å²) in [6, 6.07) is 21.2. The summed E-state index contributed by atoms with van der Waals surface area (Å²) >= 11 is 0. The SMILES string of the molecule is CCC(O)C(C(C)C)N(Cc1ccccc1)Cc1ccccc1. The maximum atomic E-state index is 10.6. The Hall–Kier alpha value is -1.64. The van der Waals surface area contributed by atoms with Crippen molar-refractivity contribution in [2.24, 2.45) is 5.92 Å². The van der Waals surface area contributed by atoms with Gasteiger partial charge in [0.25, 0.3) is 0 Å². The summed E-state index contributed by atoms with van der Waals surface area (Å²) in [5, 5.41) is 10.6. The van der Waals surface area contributed by atoms with Crippen LogP contribution in [0.25, 0.3) is 0 Å². The lowest BCUT2D eigenvalue weighted by molar-refractivity contribution is 0.0123. The molecular weight excluding hydrogens is 282 g/mol. The van der Waals surface area contributed by atoms with Gasteiger partial charge in [-0.2, -0.15) is 0 Å². The van der Waals surface area contributed by atoms with Gasteiger partial charge in [0.1, 0.15) is 0 Å². The van der Waals surface area contributed by atoms with Crippen LogP contribution in [0.1, 0.15) is 38.3 Å². The van der Waals surface area contributed by atoms with Crippen LogP contribution in [-0.4, -0.2) is 22.2 Å². The fraction of sp³-hybridized carbons (Fsp3) is 0.429. The van der Waals surface area contributed by atoms with Gasteiger partial charge in [-0.15, -0.1) is 0 Å². The van der Waals surface area contributed by atoms with Crippen LogP contribution in [0.2, 0.25) is 0 Å². The highest BCUT2D eigenvalue weighted by Gasteiger charge is 2.28. The van der Waals surface area contributed by atoms with Gasteiger partial charge in [-0.3, -0.25) is 4.90 Å². The molecule has 124 valence electrons. The summed E-state index contributed by atoms with van der Waals surface area (Å²) in [6.45, 7) is 8.17. The molecule has 2 rings (SSSR count). The van der Waals surface area contributed by atoms with Crippen molar-refractivity contribution in [3.63, 3.8) is 0 Å². The number of hydrogen-bond acceptors (Lipinski definition) is 2. The molecule has 2 aromatic rings. The van der Waals surface area contributed by atoms with Crippen LogP contribution in [0, 0.1) is 5.92 Å². The minimum atomic E-state index is -0.303. The van der Waals surface area contributed by atoms with Crippen LogP contribution >= 0.6 is 0 Å². The van der Waals surface area contributed by atoms with E-state index in [1.807, 2.05) is 12.1 Å². The Morgan fingerprint density at radius 3 is 1.61 bits per heavy atom. The van der Waals surface area contributed by atoms with E-state index in [1.165, 1.54) is 11.1 Å². The smallest absolute Gasteiger partial charge is 0.0695 e. The summed E-state index contributed by atoms with van der Waals surface area (Å²) in [6.07, 6.45) is 0.477. The maximum Gasteiger partial charge on any atom is 0.0695 e. The third-order valence-corrected chi connectivity index (χ3v) is 4.37. The Morgan fingerprint density at radius 1 is 0.826 bits per heavy atom. The number of benzene rings is 2. The Morgan fingerprint density at radius 2 is 1.26 bits per heavy atom. The minimum absolute atomic E-state index is 0.153. The molecule has 0 saturated heterocycles. The van der Waals surface area contributed by atoms with Gasteiger partial charge in [0, 0.05) is 19.1 Å². The minimum Gasteiger partial charge on any atom is -0.391 e. The molecule has 0 aromatic heterocycles. The van der Waals surface area contributed by atoms with Crippen molar-refractivity contribution in [2.75, 3.05) is 0 Å². The number of nitrogens with zero attached hydrogens (tertiary/aromatic N) is 1. The first-order valence-corrected chi connectivity index (χ1v) is 8.61.